The van der Waals surface area contributed by atoms with Crippen LogP contribution in [-0.4, -0.2) is 21.4 Å². The van der Waals surface area contributed by atoms with Crippen LogP contribution in [0, 0.1) is 18.3 Å². The number of thiazole rings is 1. The third-order valence-corrected chi connectivity index (χ3v) is 7.69. The molecule has 0 fully saturated rings. The molecule has 0 saturated carbocycles. The summed E-state index contributed by atoms with van der Waals surface area (Å²) in [5.74, 6) is -0.452. The van der Waals surface area contributed by atoms with Crippen molar-refractivity contribution in [3.63, 3.8) is 0 Å². The van der Waals surface area contributed by atoms with Crippen LogP contribution in [0.2, 0.25) is 5.02 Å². The molecular weight excluding hydrogens is 496 g/mol. The van der Waals surface area contributed by atoms with Crippen molar-refractivity contribution in [1.29, 1.82) is 5.26 Å². The molecule has 1 N–H and O–H groups in total. The summed E-state index contributed by atoms with van der Waals surface area (Å²) in [5, 5.41) is 13.7. The number of fused-ring (bicyclic) bond motifs is 1. The van der Waals surface area contributed by atoms with Gasteiger partial charge in [0.05, 0.1) is 11.6 Å². The van der Waals surface area contributed by atoms with Gasteiger partial charge in [-0.15, -0.1) is 22.7 Å². The van der Waals surface area contributed by atoms with Crippen LogP contribution < -0.4 is 9.62 Å². The highest BCUT2D eigenvalue weighted by atomic mass is 35.5. The highest BCUT2D eigenvalue weighted by molar-refractivity contribution is 7.82. The van der Waals surface area contributed by atoms with Crippen molar-refractivity contribution in [3.8, 4) is 6.07 Å². The molecule has 0 saturated heterocycles. The molecule has 168 valence electrons. The minimum Gasteiger partial charge on any atom is -0.339 e. The van der Waals surface area contributed by atoms with Crippen LogP contribution in [0.1, 0.15) is 32.1 Å². The number of anilines is 1. The van der Waals surface area contributed by atoms with Crippen LogP contribution in [0.15, 0.2) is 47.8 Å². The van der Waals surface area contributed by atoms with Crippen LogP contribution in [0.25, 0.3) is 10.1 Å². The molecule has 33 heavy (non-hydrogen) atoms. The predicted octanol–water partition coefficient (Wildman–Crippen LogP) is 5.42. The number of benzene rings is 2. The molecule has 6 nitrogen and oxygen atoms in total. The van der Waals surface area contributed by atoms with Gasteiger partial charge in [0.1, 0.15) is 16.7 Å². The summed E-state index contributed by atoms with van der Waals surface area (Å²) in [5.41, 5.74) is 3.08. The first kappa shape index (κ1) is 23.4. The first-order valence-electron chi connectivity index (χ1n) is 9.85. The lowest BCUT2D eigenvalue weighted by atomic mass is 10.1. The number of rotatable bonds is 7. The molecule has 4 rings (SSSR count). The predicted molar refractivity (Wildman–Crippen MR) is 136 cm³/mol. The van der Waals surface area contributed by atoms with E-state index in [1.54, 1.807) is 11.3 Å². The van der Waals surface area contributed by atoms with Gasteiger partial charge in [0.2, 0.25) is 0 Å². The van der Waals surface area contributed by atoms with Crippen molar-refractivity contribution in [2.24, 2.45) is 0 Å². The molecule has 0 aliphatic heterocycles. The highest BCUT2D eigenvalue weighted by Crippen LogP contribution is 2.32. The summed E-state index contributed by atoms with van der Waals surface area (Å²) < 4.78 is 14.9. The fourth-order valence-corrected chi connectivity index (χ4v) is 5.77. The van der Waals surface area contributed by atoms with Gasteiger partial charge in [-0.25, -0.2) is 9.19 Å². The maximum atomic E-state index is 12.4. The van der Waals surface area contributed by atoms with Crippen molar-refractivity contribution in [2.75, 3.05) is 11.2 Å². The number of hydrogen-bond donors (Lipinski definition) is 1. The number of halogens is 1. The molecule has 0 spiro atoms. The van der Waals surface area contributed by atoms with Gasteiger partial charge in [-0.05, 0) is 53.1 Å². The Hall–Kier alpha value is -2.77. The van der Waals surface area contributed by atoms with E-state index >= 15 is 0 Å². The van der Waals surface area contributed by atoms with Gasteiger partial charge in [0.25, 0.3) is 5.91 Å². The summed E-state index contributed by atoms with van der Waals surface area (Å²) >= 11 is 9.08. The molecule has 1 unspecified atom stereocenters. The summed E-state index contributed by atoms with van der Waals surface area (Å²) in [7, 11) is -1.47. The average Bonchev–Trinajstić information content (AvgIpc) is 3.37. The van der Waals surface area contributed by atoms with Crippen molar-refractivity contribution < 1.29 is 9.00 Å². The minimum atomic E-state index is -1.47. The zero-order valence-corrected chi connectivity index (χ0v) is 21.0. The van der Waals surface area contributed by atoms with Gasteiger partial charge in [0, 0.05) is 33.9 Å². The third kappa shape index (κ3) is 5.42. The highest BCUT2D eigenvalue weighted by Gasteiger charge is 2.21. The van der Waals surface area contributed by atoms with Crippen LogP contribution in [0.4, 0.5) is 5.13 Å². The van der Waals surface area contributed by atoms with Crippen LogP contribution in [-0.2, 0) is 24.1 Å². The molecule has 1 atom stereocenters. The molecule has 2 aromatic carbocycles. The monoisotopic (exact) mass is 514 g/mol. The van der Waals surface area contributed by atoms with Gasteiger partial charge >= 0.3 is 0 Å². The number of carbonyl (C=O) groups excluding carboxylic acids is 1. The second kappa shape index (κ2) is 10.0. The molecule has 0 aliphatic rings. The number of nitrogens with one attached hydrogen (secondary N) is 1. The average molecular weight is 515 g/mol. The van der Waals surface area contributed by atoms with Crippen molar-refractivity contribution in [3.05, 3.63) is 80.1 Å². The molecular formula is C23H19ClN4O2S3. The Balaban J connectivity index is 1.70. The van der Waals surface area contributed by atoms with Gasteiger partial charge in [-0.2, -0.15) is 5.26 Å². The smallest absolute Gasteiger partial charge is 0.282 e. The standard InChI is InChI=1S/C23H19ClN4O2S3/c1-14-21(22(29)27-33(2)30)26-23(32-14)28(11-15-3-6-18(24)7-4-15)12-17-13-31-20-9-16(10-25)5-8-19(17)20/h3-9,13H,11-12H2,1-2H3,(H,27,29). The van der Waals surface area contributed by atoms with Crippen LogP contribution in [0.3, 0.4) is 0 Å². The van der Waals surface area contributed by atoms with Crippen molar-refractivity contribution in [2.45, 2.75) is 20.0 Å². The molecule has 10 heteroatoms. The number of nitriles is 1. The van der Waals surface area contributed by atoms with E-state index < -0.39 is 16.9 Å². The van der Waals surface area contributed by atoms with E-state index in [0.717, 1.165) is 26.1 Å². The lowest BCUT2D eigenvalue weighted by molar-refractivity contribution is 0.0978. The normalized spacial score (nSPS) is 11.8. The molecule has 0 aliphatic carbocycles. The SMILES string of the molecule is Cc1sc(N(Cc2ccc(Cl)cc2)Cc2csc3cc(C#N)ccc23)nc1C(=O)NS(C)=O. The number of aryl methyl sites for hydroxylation is 1. The maximum absolute atomic E-state index is 12.4. The number of aromatic nitrogens is 1. The summed E-state index contributed by atoms with van der Waals surface area (Å²) in [6.07, 6.45) is 1.41. The Labute approximate surface area is 207 Å². The Bertz CT molecular complexity index is 1390. The Morgan fingerprint density at radius 1 is 1.24 bits per heavy atom. The van der Waals surface area contributed by atoms with E-state index in [4.69, 9.17) is 11.6 Å². The second-order valence-corrected chi connectivity index (χ2v) is 11.0. The molecule has 0 bridgehead atoms. The molecule has 0 radical (unpaired) electrons. The number of thiophene rings is 1. The van der Waals surface area contributed by atoms with E-state index in [2.05, 4.69) is 26.1 Å². The quantitative estimate of drug-likeness (QED) is 0.356. The summed E-state index contributed by atoms with van der Waals surface area (Å²) in [4.78, 5) is 19.9. The van der Waals surface area contributed by atoms with Gasteiger partial charge in [-0.3, -0.25) is 9.52 Å². The van der Waals surface area contributed by atoms with Crippen LogP contribution in [0.5, 0.6) is 0 Å². The topological polar surface area (TPSA) is 86.1 Å². The van der Waals surface area contributed by atoms with E-state index in [1.807, 2.05) is 49.4 Å². The fourth-order valence-electron chi connectivity index (χ4n) is 3.39. The third-order valence-electron chi connectivity index (χ3n) is 4.94. The Morgan fingerprint density at radius 3 is 2.70 bits per heavy atom. The fraction of sp³-hybridized carbons (Fsp3) is 0.174. The zero-order valence-electron chi connectivity index (χ0n) is 17.8. The lowest BCUT2D eigenvalue weighted by Crippen LogP contribution is -2.26. The molecule has 2 heterocycles. The van der Waals surface area contributed by atoms with Crippen molar-refractivity contribution >= 4 is 66.4 Å². The lowest BCUT2D eigenvalue weighted by Gasteiger charge is -2.22. The summed E-state index contributed by atoms with van der Waals surface area (Å²) in [6, 6.07) is 15.5. The number of amides is 1. The van der Waals surface area contributed by atoms with E-state index in [-0.39, 0.29) is 5.69 Å². The van der Waals surface area contributed by atoms with Crippen LogP contribution >= 0.6 is 34.3 Å². The van der Waals surface area contributed by atoms with E-state index in [1.165, 1.54) is 17.6 Å². The number of carbonyl (C=O) groups is 1. The van der Waals surface area contributed by atoms with E-state index in [9.17, 15) is 14.3 Å². The number of nitrogens with zero attached hydrogens (tertiary/aromatic N) is 3. The molecule has 4 aromatic rings. The minimum absolute atomic E-state index is 0.278. The molecule has 2 aromatic heterocycles. The van der Waals surface area contributed by atoms with E-state index in [0.29, 0.717) is 28.8 Å². The summed E-state index contributed by atoms with van der Waals surface area (Å²) in [6.45, 7) is 2.97. The first-order chi connectivity index (χ1) is 15.8. The number of hydrogen-bond acceptors (Lipinski definition) is 7. The van der Waals surface area contributed by atoms with Gasteiger partial charge in [-0.1, -0.05) is 29.8 Å². The van der Waals surface area contributed by atoms with Gasteiger partial charge in [0.15, 0.2) is 5.13 Å². The second-order valence-electron chi connectivity index (χ2n) is 7.35. The largest absolute Gasteiger partial charge is 0.339 e. The maximum Gasteiger partial charge on any atom is 0.282 e. The Morgan fingerprint density at radius 2 is 2.00 bits per heavy atom. The van der Waals surface area contributed by atoms with Crippen molar-refractivity contribution in [1.82, 2.24) is 9.71 Å². The zero-order chi connectivity index (χ0) is 23.5. The first-order valence-corrected chi connectivity index (χ1v) is 13.5. The Kier molecular flexibility index (Phi) is 7.10. The van der Waals surface area contributed by atoms with Gasteiger partial charge < -0.3 is 4.90 Å². The molecule has 1 amide bonds.